The molecule has 2 atom stereocenters. The Bertz CT molecular complexity index is 1460. The summed E-state index contributed by atoms with van der Waals surface area (Å²) in [5.74, 6) is 1.96. The first-order valence-electron chi connectivity index (χ1n) is 12.6. The number of nitrogens with one attached hydrogen (secondary N) is 1. The summed E-state index contributed by atoms with van der Waals surface area (Å²) in [4.78, 5) is 24.8. The van der Waals surface area contributed by atoms with Gasteiger partial charge in [-0.25, -0.2) is 9.97 Å². The number of likely N-dealkylation sites (N-methyl/N-ethyl adjacent to an activating group) is 1. The maximum atomic E-state index is 13.5. The van der Waals surface area contributed by atoms with E-state index in [4.69, 9.17) is 9.72 Å². The van der Waals surface area contributed by atoms with Crippen LogP contribution in [0.4, 0.5) is 0 Å². The number of hydrogen-bond acceptors (Lipinski definition) is 6. The van der Waals surface area contributed by atoms with Gasteiger partial charge < -0.3 is 29.2 Å². The van der Waals surface area contributed by atoms with Crippen LogP contribution in [0.2, 0.25) is 0 Å². The van der Waals surface area contributed by atoms with Crippen molar-refractivity contribution in [3.8, 4) is 17.3 Å². The zero-order chi connectivity index (χ0) is 25.0. The van der Waals surface area contributed by atoms with E-state index >= 15 is 0 Å². The van der Waals surface area contributed by atoms with Gasteiger partial charge in [0.2, 0.25) is 0 Å². The number of fused-ring (bicyclic) bond motifs is 2. The quantitative estimate of drug-likeness (QED) is 0.402. The first kappa shape index (κ1) is 25.5. The summed E-state index contributed by atoms with van der Waals surface area (Å²) in [6, 6.07) is 9.88. The van der Waals surface area contributed by atoms with Crippen molar-refractivity contribution >= 4 is 40.4 Å². The van der Waals surface area contributed by atoms with E-state index in [-0.39, 0.29) is 24.4 Å². The number of likely N-dealkylation sites (tertiary alicyclic amines) is 1. The highest BCUT2D eigenvalue weighted by molar-refractivity contribution is 6.00. The molecular weight excluding hydrogens is 492 g/mol. The third kappa shape index (κ3) is 4.56. The van der Waals surface area contributed by atoms with Crippen LogP contribution in [-0.2, 0) is 13.6 Å². The van der Waals surface area contributed by atoms with Crippen LogP contribution in [0.5, 0.6) is 5.75 Å². The Labute approximate surface area is 221 Å². The largest absolute Gasteiger partial charge is 0.494 e. The van der Waals surface area contributed by atoms with Crippen LogP contribution in [0.25, 0.3) is 33.6 Å². The standard InChI is InChI=1S/C27H32N6O3.ClH/c1-28-19-12-20(34)15-32(14-19)27(35)18-9-21-24(23(11-18)36-3)31(2)26(30-21)22-10-17-5-4-8-29-25(17)33(22)13-16-6-7-16;/h4-5,8-11,16,19-20,28,34H,6-7,12-15H2,1-3H3;1H/t19-,20-;/m1./s1. The molecule has 1 aliphatic heterocycles. The second-order valence-electron chi connectivity index (χ2n) is 10.1. The molecule has 4 aromatic rings. The maximum Gasteiger partial charge on any atom is 0.254 e. The molecule has 0 radical (unpaired) electrons. The van der Waals surface area contributed by atoms with Crippen molar-refractivity contribution in [2.24, 2.45) is 13.0 Å². The third-order valence-corrected chi connectivity index (χ3v) is 7.55. The molecule has 1 saturated heterocycles. The number of hydrogen-bond donors (Lipinski definition) is 2. The second-order valence-corrected chi connectivity index (χ2v) is 10.1. The maximum absolute atomic E-state index is 13.5. The molecule has 0 bridgehead atoms. The smallest absolute Gasteiger partial charge is 0.254 e. The molecule has 37 heavy (non-hydrogen) atoms. The molecule has 4 heterocycles. The lowest BCUT2D eigenvalue weighted by atomic mass is 10.0. The number of methoxy groups -OCH3 is 1. The third-order valence-electron chi connectivity index (χ3n) is 7.55. The molecular formula is C27H33ClN6O3. The lowest BCUT2D eigenvalue weighted by molar-refractivity contribution is 0.0389. The molecule has 2 aliphatic rings. The Balaban J connectivity index is 0.00000280. The Hall–Kier alpha value is -3.14. The van der Waals surface area contributed by atoms with Gasteiger partial charge in [-0.15, -0.1) is 12.4 Å². The summed E-state index contributed by atoms with van der Waals surface area (Å²) < 4.78 is 10.1. The van der Waals surface area contributed by atoms with E-state index in [0.29, 0.717) is 42.3 Å². The Kier molecular flexibility index (Phi) is 6.87. The molecule has 3 aromatic heterocycles. The number of aliphatic hydroxyl groups excluding tert-OH is 1. The van der Waals surface area contributed by atoms with Crippen LogP contribution < -0.4 is 10.1 Å². The number of amides is 1. The summed E-state index contributed by atoms with van der Waals surface area (Å²) in [6.45, 7) is 1.79. The Morgan fingerprint density at radius 3 is 2.78 bits per heavy atom. The van der Waals surface area contributed by atoms with Gasteiger partial charge in [0.25, 0.3) is 5.91 Å². The Morgan fingerprint density at radius 1 is 1.24 bits per heavy atom. The molecule has 2 fully saturated rings. The van der Waals surface area contributed by atoms with Gasteiger partial charge in [-0.05, 0) is 62.6 Å². The summed E-state index contributed by atoms with van der Waals surface area (Å²) >= 11 is 0. The molecule has 1 aliphatic carbocycles. The number of pyridine rings is 1. The second kappa shape index (κ2) is 9.96. The fourth-order valence-electron chi connectivity index (χ4n) is 5.46. The van der Waals surface area contributed by atoms with E-state index in [1.165, 1.54) is 12.8 Å². The van der Waals surface area contributed by atoms with Gasteiger partial charge in [0.15, 0.2) is 5.82 Å². The van der Waals surface area contributed by atoms with Crippen molar-refractivity contribution in [3.63, 3.8) is 0 Å². The van der Waals surface area contributed by atoms with E-state index in [2.05, 4.69) is 27.0 Å². The van der Waals surface area contributed by atoms with Gasteiger partial charge in [-0.3, -0.25) is 4.79 Å². The lowest BCUT2D eigenvalue weighted by Crippen LogP contribution is -2.52. The molecule has 2 N–H and O–H groups in total. The van der Waals surface area contributed by atoms with Crippen LogP contribution >= 0.6 is 12.4 Å². The highest BCUT2D eigenvalue weighted by Crippen LogP contribution is 2.37. The van der Waals surface area contributed by atoms with E-state index in [0.717, 1.165) is 34.6 Å². The van der Waals surface area contributed by atoms with Crippen molar-refractivity contribution in [1.29, 1.82) is 0 Å². The molecule has 6 rings (SSSR count). The molecule has 9 nitrogen and oxygen atoms in total. The van der Waals surface area contributed by atoms with Crippen LogP contribution in [0, 0.1) is 5.92 Å². The predicted octanol–water partition coefficient (Wildman–Crippen LogP) is 3.23. The van der Waals surface area contributed by atoms with Gasteiger partial charge in [-0.1, -0.05) is 0 Å². The van der Waals surface area contributed by atoms with Crippen molar-refractivity contribution in [2.45, 2.75) is 38.0 Å². The number of halogens is 1. The molecule has 10 heteroatoms. The predicted molar refractivity (Wildman–Crippen MR) is 145 cm³/mol. The minimum absolute atomic E-state index is 0. The number of aliphatic hydroxyl groups is 1. The Morgan fingerprint density at radius 2 is 2.05 bits per heavy atom. The number of piperidine rings is 1. The monoisotopic (exact) mass is 524 g/mol. The lowest BCUT2D eigenvalue weighted by Gasteiger charge is -2.35. The topological polar surface area (TPSA) is 97.4 Å². The number of benzene rings is 1. The van der Waals surface area contributed by atoms with Crippen molar-refractivity contribution < 1.29 is 14.6 Å². The molecule has 1 aromatic carbocycles. The van der Waals surface area contributed by atoms with Crippen LogP contribution in [-0.4, -0.2) is 74.4 Å². The van der Waals surface area contributed by atoms with Crippen molar-refractivity contribution in [1.82, 2.24) is 29.3 Å². The fraction of sp³-hybridized carbons (Fsp3) is 0.444. The van der Waals surface area contributed by atoms with Gasteiger partial charge >= 0.3 is 0 Å². The highest BCUT2D eigenvalue weighted by Gasteiger charge is 2.30. The van der Waals surface area contributed by atoms with E-state index in [1.54, 1.807) is 18.1 Å². The number of aromatic nitrogens is 4. The molecule has 1 amide bonds. The minimum Gasteiger partial charge on any atom is -0.494 e. The molecule has 1 saturated carbocycles. The first-order chi connectivity index (χ1) is 17.5. The summed E-state index contributed by atoms with van der Waals surface area (Å²) in [6.07, 6.45) is 4.41. The van der Waals surface area contributed by atoms with Crippen LogP contribution in [0.15, 0.2) is 36.5 Å². The average Bonchev–Trinajstić information content (AvgIpc) is 3.56. The number of aryl methyl sites for hydroxylation is 1. The zero-order valence-electron chi connectivity index (χ0n) is 21.3. The highest BCUT2D eigenvalue weighted by atomic mass is 35.5. The average molecular weight is 525 g/mol. The van der Waals surface area contributed by atoms with Gasteiger partial charge in [0.05, 0.1) is 24.4 Å². The van der Waals surface area contributed by atoms with E-state index < -0.39 is 6.10 Å². The van der Waals surface area contributed by atoms with Crippen LogP contribution in [0.1, 0.15) is 29.6 Å². The number of ether oxygens (including phenoxy) is 1. The van der Waals surface area contributed by atoms with Crippen molar-refractivity contribution in [3.05, 3.63) is 42.1 Å². The van der Waals surface area contributed by atoms with E-state index in [1.807, 2.05) is 37.0 Å². The minimum atomic E-state index is -0.547. The van der Waals surface area contributed by atoms with E-state index in [9.17, 15) is 9.90 Å². The van der Waals surface area contributed by atoms with Gasteiger partial charge in [0.1, 0.15) is 16.9 Å². The number of carbonyl (C=O) groups is 1. The number of carbonyl (C=O) groups excluding carboxylic acids is 1. The van der Waals surface area contributed by atoms with Crippen molar-refractivity contribution in [2.75, 3.05) is 27.2 Å². The van der Waals surface area contributed by atoms with Crippen LogP contribution in [0.3, 0.4) is 0 Å². The normalized spacial score (nSPS) is 19.8. The van der Waals surface area contributed by atoms with Gasteiger partial charge in [0, 0.05) is 49.9 Å². The molecule has 196 valence electrons. The number of nitrogens with zero attached hydrogens (tertiary/aromatic N) is 5. The van der Waals surface area contributed by atoms with Gasteiger partial charge in [-0.2, -0.15) is 0 Å². The first-order valence-corrected chi connectivity index (χ1v) is 12.6. The molecule has 0 spiro atoms. The number of rotatable bonds is 6. The zero-order valence-corrected chi connectivity index (χ0v) is 22.2. The number of imidazole rings is 1. The fourth-order valence-corrected chi connectivity index (χ4v) is 5.46. The molecule has 0 unspecified atom stereocenters. The summed E-state index contributed by atoms with van der Waals surface area (Å²) in [5.41, 5.74) is 4.03. The summed E-state index contributed by atoms with van der Waals surface area (Å²) in [7, 11) is 5.46. The summed E-state index contributed by atoms with van der Waals surface area (Å²) in [5, 5.41) is 14.6. The SMILES string of the molecule is CN[C@@H]1C[C@@H](O)CN(C(=O)c2cc(OC)c3c(c2)nc(-c2cc4cccnc4n2CC2CC2)n3C)C1.Cl. The number of β-amino-alcohol motifs (C(OH)–C–C–N with tert-alkyl or cyclic N) is 1.